The maximum absolute atomic E-state index is 15.2. The van der Waals surface area contributed by atoms with Gasteiger partial charge in [0.2, 0.25) is 0 Å². The summed E-state index contributed by atoms with van der Waals surface area (Å²) in [5.41, 5.74) is -5.88. The lowest BCUT2D eigenvalue weighted by Crippen LogP contribution is -2.53. The summed E-state index contributed by atoms with van der Waals surface area (Å²) in [6.45, 7) is 3.76. The van der Waals surface area contributed by atoms with E-state index in [9.17, 15) is 19.5 Å². The number of H-pyrrole nitrogens is 1. The molecule has 2 N–H and O–H groups in total. The van der Waals surface area contributed by atoms with Crippen LogP contribution in [-0.2, 0) is 14.3 Å². The molecule has 0 saturated carbocycles. The Morgan fingerprint density at radius 1 is 1.50 bits per heavy atom. The van der Waals surface area contributed by atoms with E-state index in [0.717, 1.165) is 23.8 Å². The van der Waals surface area contributed by atoms with Gasteiger partial charge in [0.05, 0.1) is 0 Å². The molecular formula is C15H21FN2O6. The van der Waals surface area contributed by atoms with Crippen LogP contribution in [0.2, 0.25) is 0 Å². The smallest absolute Gasteiger partial charge is 0.330 e. The highest BCUT2D eigenvalue weighted by Crippen LogP contribution is 2.47. The molecule has 0 radical (unpaired) electrons. The second-order valence-corrected chi connectivity index (χ2v) is 6.15. The third-order valence-electron chi connectivity index (χ3n) is 4.33. The van der Waals surface area contributed by atoms with Crippen LogP contribution in [0.15, 0.2) is 21.9 Å². The fourth-order valence-electron chi connectivity index (χ4n) is 2.57. The largest absolute Gasteiger partial charge is 0.463 e. The van der Waals surface area contributed by atoms with E-state index in [2.05, 4.69) is 0 Å². The van der Waals surface area contributed by atoms with Crippen molar-refractivity contribution < 1.29 is 23.8 Å². The Hall–Kier alpha value is -2.00. The number of ether oxygens (including phenoxy) is 2. The van der Waals surface area contributed by atoms with Gasteiger partial charge in [-0.05, 0) is 20.3 Å². The number of nitrogens with one attached hydrogen (secondary N) is 1. The number of rotatable bonds is 5. The van der Waals surface area contributed by atoms with Gasteiger partial charge < -0.3 is 14.6 Å². The molecule has 1 aliphatic heterocycles. The van der Waals surface area contributed by atoms with Crippen molar-refractivity contribution in [3.05, 3.63) is 33.1 Å². The number of aromatic nitrogens is 2. The Morgan fingerprint density at radius 3 is 2.75 bits per heavy atom. The van der Waals surface area contributed by atoms with Gasteiger partial charge in [0.25, 0.3) is 5.56 Å². The van der Waals surface area contributed by atoms with Crippen LogP contribution < -0.4 is 11.2 Å². The molecule has 4 atom stereocenters. The molecule has 8 nitrogen and oxygen atoms in total. The van der Waals surface area contributed by atoms with Gasteiger partial charge in [-0.15, -0.1) is 0 Å². The molecule has 1 aromatic rings. The SMILES string of the molecule is CCCC(=O)OC[C@H]1O[C@@H](n2ccc(=O)[nH]c2=O)[C@](C)(F)[C@@]1(C)O. The molecule has 0 aliphatic carbocycles. The monoisotopic (exact) mass is 344 g/mol. The Labute approximate surface area is 137 Å². The summed E-state index contributed by atoms with van der Waals surface area (Å²) in [7, 11) is 0. The summed E-state index contributed by atoms with van der Waals surface area (Å²) in [4.78, 5) is 36.5. The predicted molar refractivity (Wildman–Crippen MR) is 81.2 cm³/mol. The first-order chi connectivity index (χ1) is 11.1. The zero-order valence-corrected chi connectivity index (χ0v) is 13.7. The number of carbonyl (C=O) groups is 1. The number of alkyl halides is 1. The molecule has 24 heavy (non-hydrogen) atoms. The van der Waals surface area contributed by atoms with E-state index in [1.165, 1.54) is 6.92 Å². The fraction of sp³-hybridized carbons (Fsp3) is 0.667. The van der Waals surface area contributed by atoms with E-state index in [1.807, 2.05) is 4.98 Å². The molecule has 0 amide bonds. The summed E-state index contributed by atoms with van der Waals surface area (Å²) in [5, 5.41) is 10.5. The lowest BCUT2D eigenvalue weighted by molar-refractivity contribution is -0.153. The van der Waals surface area contributed by atoms with Gasteiger partial charge in [-0.1, -0.05) is 6.92 Å². The van der Waals surface area contributed by atoms with Gasteiger partial charge in [0.15, 0.2) is 11.9 Å². The molecule has 1 aromatic heterocycles. The number of aliphatic hydroxyl groups is 1. The molecule has 1 saturated heterocycles. The van der Waals surface area contributed by atoms with E-state index in [-0.39, 0.29) is 13.0 Å². The van der Waals surface area contributed by atoms with Crippen LogP contribution in [0, 0.1) is 0 Å². The molecule has 1 fully saturated rings. The van der Waals surface area contributed by atoms with Gasteiger partial charge in [-0.2, -0.15) is 0 Å². The average molecular weight is 344 g/mol. The molecule has 1 aliphatic rings. The number of aromatic amines is 1. The quantitative estimate of drug-likeness (QED) is 0.741. The van der Waals surface area contributed by atoms with Crippen LogP contribution in [0.1, 0.15) is 39.8 Å². The molecule has 0 aromatic carbocycles. The first-order valence-corrected chi connectivity index (χ1v) is 7.65. The van der Waals surface area contributed by atoms with Crippen LogP contribution in [-0.4, -0.2) is 44.6 Å². The van der Waals surface area contributed by atoms with Gasteiger partial charge >= 0.3 is 11.7 Å². The van der Waals surface area contributed by atoms with E-state index in [0.29, 0.717) is 6.42 Å². The summed E-state index contributed by atoms with van der Waals surface area (Å²) in [6.07, 6.45) is -0.768. The lowest BCUT2D eigenvalue weighted by atomic mass is 9.84. The number of carbonyl (C=O) groups excluding carboxylic acids is 1. The minimum Gasteiger partial charge on any atom is -0.463 e. The maximum atomic E-state index is 15.2. The number of hydrogen-bond donors (Lipinski definition) is 2. The molecule has 2 heterocycles. The molecule has 0 unspecified atom stereocenters. The van der Waals surface area contributed by atoms with Crippen molar-refractivity contribution in [3.8, 4) is 0 Å². The molecule has 0 spiro atoms. The summed E-state index contributed by atoms with van der Waals surface area (Å²) in [6, 6.07) is 1.05. The topological polar surface area (TPSA) is 111 Å². The third kappa shape index (κ3) is 3.13. The second kappa shape index (κ2) is 6.48. The van der Waals surface area contributed by atoms with E-state index < -0.39 is 40.8 Å². The van der Waals surface area contributed by atoms with Crippen molar-refractivity contribution in [1.29, 1.82) is 0 Å². The minimum atomic E-state index is -2.36. The van der Waals surface area contributed by atoms with Gasteiger partial charge in [-0.25, -0.2) is 9.18 Å². The summed E-state index contributed by atoms with van der Waals surface area (Å²) in [5.74, 6) is -0.484. The Bertz CT molecular complexity index is 723. The highest BCUT2D eigenvalue weighted by molar-refractivity contribution is 5.69. The zero-order chi connectivity index (χ0) is 18.1. The van der Waals surface area contributed by atoms with Gasteiger partial charge in [-0.3, -0.25) is 19.1 Å². The Balaban J connectivity index is 2.27. The first kappa shape index (κ1) is 18.3. The van der Waals surface area contributed by atoms with Gasteiger partial charge in [0, 0.05) is 18.7 Å². The van der Waals surface area contributed by atoms with Crippen molar-refractivity contribution in [1.82, 2.24) is 9.55 Å². The number of nitrogens with zero attached hydrogens (tertiary/aromatic N) is 1. The van der Waals surface area contributed by atoms with Crippen molar-refractivity contribution >= 4 is 5.97 Å². The van der Waals surface area contributed by atoms with E-state index >= 15 is 4.39 Å². The Morgan fingerprint density at radius 2 is 2.17 bits per heavy atom. The minimum absolute atomic E-state index is 0.199. The van der Waals surface area contributed by atoms with Crippen LogP contribution >= 0.6 is 0 Å². The number of halogens is 1. The summed E-state index contributed by atoms with van der Waals surface area (Å²) < 4.78 is 26.5. The van der Waals surface area contributed by atoms with Crippen molar-refractivity contribution in [3.63, 3.8) is 0 Å². The van der Waals surface area contributed by atoms with Crippen LogP contribution in [0.4, 0.5) is 4.39 Å². The molecular weight excluding hydrogens is 323 g/mol. The van der Waals surface area contributed by atoms with E-state index in [1.54, 1.807) is 6.92 Å². The molecule has 2 rings (SSSR count). The molecule has 134 valence electrons. The highest BCUT2D eigenvalue weighted by Gasteiger charge is 2.63. The normalized spacial score (nSPS) is 32.7. The standard InChI is InChI=1S/C15H21FN2O6/c1-4-5-11(20)23-8-9-15(3,22)14(2,16)12(24-9)18-7-6-10(19)17-13(18)21/h6-7,9,12,22H,4-5,8H2,1-3H3,(H,17,19,21)/t9-,12-,14+,15+/m1/s1. The predicted octanol–water partition coefficient (Wildman–Crippen LogP) is 0.257. The third-order valence-corrected chi connectivity index (χ3v) is 4.33. The lowest BCUT2D eigenvalue weighted by Gasteiger charge is -2.32. The highest BCUT2D eigenvalue weighted by atomic mass is 19.1. The molecule has 0 bridgehead atoms. The van der Waals surface area contributed by atoms with Crippen molar-refractivity contribution in [2.45, 2.75) is 57.2 Å². The maximum Gasteiger partial charge on any atom is 0.330 e. The molecule has 9 heteroatoms. The van der Waals surface area contributed by atoms with E-state index in [4.69, 9.17) is 9.47 Å². The fourth-order valence-corrected chi connectivity index (χ4v) is 2.57. The van der Waals surface area contributed by atoms with Crippen LogP contribution in [0.25, 0.3) is 0 Å². The average Bonchev–Trinajstić information content (AvgIpc) is 2.64. The van der Waals surface area contributed by atoms with Crippen molar-refractivity contribution in [2.24, 2.45) is 0 Å². The summed E-state index contributed by atoms with van der Waals surface area (Å²) >= 11 is 0. The Kier molecular flexibility index (Phi) is 4.95. The number of esters is 1. The van der Waals surface area contributed by atoms with Crippen molar-refractivity contribution in [2.75, 3.05) is 6.61 Å². The number of hydrogen-bond acceptors (Lipinski definition) is 6. The van der Waals surface area contributed by atoms with Crippen LogP contribution in [0.5, 0.6) is 0 Å². The van der Waals surface area contributed by atoms with Crippen LogP contribution in [0.3, 0.4) is 0 Å². The zero-order valence-electron chi connectivity index (χ0n) is 13.7. The first-order valence-electron chi connectivity index (χ1n) is 7.65. The second-order valence-electron chi connectivity index (χ2n) is 6.15. The van der Waals surface area contributed by atoms with Gasteiger partial charge in [0.1, 0.15) is 18.3 Å².